The molecule has 0 amide bonds. The van der Waals surface area contributed by atoms with Gasteiger partial charge in [0.2, 0.25) is 0 Å². The first kappa shape index (κ1) is 46.0. The highest BCUT2D eigenvalue weighted by atomic mass is 16.3. The molecule has 0 fully saturated rings. The van der Waals surface area contributed by atoms with E-state index in [1.54, 1.807) is 0 Å². The van der Waals surface area contributed by atoms with Crippen molar-refractivity contribution in [2.45, 2.75) is 23.3 Å². The summed E-state index contributed by atoms with van der Waals surface area (Å²) in [5.41, 5.74) is 27.3. The molecule has 5 aliphatic carbocycles. The van der Waals surface area contributed by atoms with Crippen LogP contribution < -0.4 is 9.80 Å². The fraction of sp³-hybridized carbons (Fsp3) is 0.0500. The summed E-state index contributed by atoms with van der Waals surface area (Å²) in [6.07, 6.45) is 9.87. The maximum absolute atomic E-state index is 7.43. The van der Waals surface area contributed by atoms with Crippen LogP contribution in [0.15, 0.2) is 294 Å². The van der Waals surface area contributed by atoms with Gasteiger partial charge >= 0.3 is 0 Å². The molecule has 84 heavy (non-hydrogen) atoms. The molecule has 0 radical (unpaired) electrons. The molecule has 5 aliphatic rings. The van der Waals surface area contributed by atoms with Crippen molar-refractivity contribution in [2.24, 2.45) is 0 Å². The second kappa shape index (κ2) is 16.9. The third-order valence-electron chi connectivity index (χ3n) is 19.3. The van der Waals surface area contributed by atoms with Crippen LogP contribution >= 0.6 is 0 Å². The molecule has 1 unspecified atom stereocenters. The van der Waals surface area contributed by atoms with E-state index in [-0.39, 0.29) is 6.04 Å². The van der Waals surface area contributed by atoms with E-state index >= 15 is 0 Å². The van der Waals surface area contributed by atoms with E-state index in [0.29, 0.717) is 0 Å². The van der Waals surface area contributed by atoms with Gasteiger partial charge in [-0.1, -0.05) is 212 Å². The average Bonchev–Trinajstić information content (AvgIpc) is 1.53. The van der Waals surface area contributed by atoms with Gasteiger partial charge in [-0.25, -0.2) is 0 Å². The Morgan fingerprint density at radius 3 is 1.18 bits per heavy atom. The van der Waals surface area contributed by atoms with Crippen LogP contribution in [0.25, 0.3) is 88.4 Å². The molecule has 12 aromatic carbocycles. The molecule has 4 heteroatoms. The van der Waals surface area contributed by atoms with Crippen molar-refractivity contribution >= 4 is 72.3 Å². The normalized spacial score (nSPS) is 15.5. The monoisotopic (exact) mass is 1070 g/mol. The molecule has 14 aromatic rings. The molecule has 2 aromatic heterocycles. The molecule has 2 spiro atoms. The summed E-state index contributed by atoms with van der Waals surface area (Å²) in [4.78, 5) is 4.95. The zero-order chi connectivity index (χ0) is 54.8. The predicted octanol–water partition coefficient (Wildman–Crippen LogP) is 20.7. The van der Waals surface area contributed by atoms with E-state index in [1.165, 1.54) is 89.0 Å². The number of hydrogen-bond acceptors (Lipinski definition) is 4. The van der Waals surface area contributed by atoms with Gasteiger partial charge in [0.1, 0.15) is 11.2 Å². The molecule has 1 atom stereocenters. The third kappa shape index (κ3) is 5.77. The van der Waals surface area contributed by atoms with Crippen molar-refractivity contribution in [1.82, 2.24) is 0 Å². The molecular weight excluding hydrogens is 1020 g/mol. The lowest BCUT2D eigenvalue weighted by atomic mass is 9.68. The minimum Gasteiger partial charge on any atom is -0.454 e. The van der Waals surface area contributed by atoms with E-state index < -0.39 is 10.8 Å². The molecule has 0 saturated carbocycles. The fourth-order valence-corrected chi connectivity index (χ4v) is 16.3. The minimum absolute atomic E-state index is 0.0363. The lowest BCUT2D eigenvalue weighted by molar-refractivity contribution is 0.664. The van der Waals surface area contributed by atoms with Crippen LogP contribution in [0, 0.1) is 0 Å². The maximum Gasteiger partial charge on any atom is 0.160 e. The second-order valence-corrected chi connectivity index (χ2v) is 23.2. The van der Waals surface area contributed by atoms with Gasteiger partial charge in [0.25, 0.3) is 0 Å². The van der Waals surface area contributed by atoms with Gasteiger partial charge in [0.15, 0.2) is 11.2 Å². The van der Waals surface area contributed by atoms with Crippen LogP contribution in [-0.4, -0.2) is 6.04 Å². The highest BCUT2D eigenvalue weighted by Crippen LogP contribution is 2.71. The second-order valence-electron chi connectivity index (χ2n) is 23.2. The van der Waals surface area contributed by atoms with Crippen LogP contribution in [0.1, 0.15) is 50.9 Å². The van der Waals surface area contributed by atoms with E-state index in [4.69, 9.17) is 8.83 Å². The van der Waals surface area contributed by atoms with E-state index in [0.717, 1.165) is 78.7 Å². The van der Waals surface area contributed by atoms with Crippen molar-refractivity contribution in [1.29, 1.82) is 0 Å². The Morgan fingerprint density at radius 2 is 0.726 bits per heavy atom. The summed E-state index contributed by atoms with van der Waals surface area (Å²) in [7, 11) is 0. The van der Waals surface area contributed by atoms with Gasteiger partial charge < -0.3 is 18.6 Å². The molecule has 19 rings (SSSR count). The Bertz CT molecular complexity index is 5070. The molecular formula is C80H50N2O2. The fourth-order valence-electron chi connectivity index (χ4n) is 16.3. The molecule has 392 valence electrons. The minimum atomic E-state index is -0.753. The first-order valence-electron chi connectivity index (χ1n) is 29.3. The number of fused-ring (bicyclic) bond motifs is 28. The maximum atomic E-state index is 7.43. The number of rotatable bonds is 6. The molecule has 0 saturated heterocycles. The summed E-state index contributed by atoms with van der Waals surface area (Å²) >= 11 is 0. The van der Waals surface area contributed by atoms with Crippen molar-refractivity contribution < 1.29 is 8.83 Å². The van der Waals surface area contributed by atoms with Crippen LogP contribution in [0.2, 0.25) is 0 Å². The number of furan rings is 2. The molecule has 0 N–H and O–H groups in total. The Labute approximate surface area is 485 Å². The summed E-state index contributed by atoms with van der Waals surface area (Å²) in [6.45, 7) is 0. The van der Waals surface area contributed by atoms with Gasteiger partial charge in [-0.05, 0) is 168 Å². The molecule has 4 nitrogen and oxygen atoms in total. The van der Waals surface area contributed by atoms with Gasteiger partial charge in [-0.2, -0.15) is 0 Å². The Hall–Kier alpha value is -10.7. The number of benzene rings is 12. The number of hydrogen-bond donors (Lipinski definition) is 0. The highest BCUT2D eigenvalue weighted by Gasteiger charge is 2.58. The number of allylic oxidation sites excluding steroid dienone is 2. The van der Waals surface area contributed by atoms with Crippen LogP contribution in [0.4, 0.5) is 28.4 Å². The van der Waals surface area contributed by atoms with Gasteiger partial charge in [-0.3, -0.25) is 0 Å². The van der Waals surface area contributed by atoms with Gasteiger partial charge in [-0.15, -0.1) is 0 Å². The third-order valence-corrected chi connectivity index (χ3v) is 19.3. The van der Waals surface area contributed by atoms with E-state index in [1.807, 2.05) is 0 Å². The summed E-state index contributed by atoms with van der Waals surface area (Å²) < 4.78 is 14.8. The molecule has 0 bridgehead atoms. The van der Waals surface area contributed by atoms with Crippen molar-refractivity contribution in [3.05, 3.63) is 330 Å². The van der Waals surface area contributed by atoms with Crippen LogP contribution in [-0.2, 0) is 10.8 Å². The zero-order valence-corrected chi connectivity index (χ0v) is 45.6. The number of anilines is 5. The summed E-state index contributed by atoms with van der Waals surface area (Å²) in [5, 5.41) is 4.45. The standard InChI is InChI=1S/C80H50N2O2/c1-5-25-49(26-6-1)81(50-27-7-2-8-28-50)69-47-67-73(75-57-37-17-23-43-71(57)83-77(69)75)59-45-66-60(46-65(59)79(67)61-39-19-13-33-53(61)54-34-14-20-40-62(54)79)74-68(80(66)63-41-21-15-35-55(63)56-36-16-22-42-64(56)80)48-70(78-76(74)58-38-18-24-44-72(58)84-78)82(51-29-9-3-10-30-51)52-31-11-4-12-32-52/h1-31,33-48,52H,32H2. The lowest BCUT2D eigenvalue weighted by Gasteiger charge is -2.35. The zero-order valence-electron chi connectivity index (χ0n) is 45.6. The predicted molar refractivity (Wildman–Crippen MR) is 344 cm³/mol. The number of nitrogens with zero attached hydrogens (tertiary/aromatic N) is 2. The Kier molecular flexibility index (Phi) is 9.28. The first-order valence-corrected chi connectivity index (χ1v) is 29.3. The Morgan fingerprint density at radius 1 is 0.333 bits per heavy atom. The molecule has 2 heterocycles. The van der Waals surface area contributed by atoms with Crippen molar-refractivity contribution in [2.75, 3.05) is 9.80 Å². The first-order chi connectivity index (χ1) is 41.7. The Balaban J connectivity index is 1.02. The van der Waals surface area contributed by atoms with Crippen molar-refractivity contribution in [3.63, 3.8) is 0 Å². The highest BCUT2D eigenvalue weighted by molar-refractivity contribution is 6.23. The smallest absolute Gasteiger partial charge is 0.160 e. The van der Waals surface area contributed by atoms with Crippen LogP contribution in [0.5, 0.6) is 0 Å². The van der Waals surface area contributed by atoms with Crippen molar-refractivity contribution in [3.8, 4) is 44.5 Å². The SMILES string of the molecule is C1=CCC(N(c2ccccc2)c2cc3c(c4c2oc2ccccc24)-c2cc4c(cc2C32c3ccccc3-c3ccccc32)-c2c(cc(N(c3ccccc3)c3ccccc3)c3oc5ccccc5c23)C42c3ccccc3-c3ccccc32)C=C1. The summed E-state index contributed by atoms with van der Waals surface area (Å²) in [6, 6.07) is 97.2. The average molecular weight is 1070 g/mol. The van der Waals surface area contributed by atoms with E-state index in [2.05, 4.69) is 295 Å². The largest absolute Gasteiger partial charge is 0.454 e. The molecule has 0 aliphatic heterocycles. The quantitative estimate of drug-likeness (QED) is 0.166. The van der Waals surface area contributed by atoms with Gasteiger partial charge in [0.05, 0.1) is 28.2 Å². The van der Waals surface area contributed by atoms with E-state index in [9.17, 15) is 0 Å². The van der Waals surface area contributed by atoms with Crippen LogP contribution in [0.3, 0.4) is 0 Å². The number of para-hydroxylation sites is 5. The van der Waals surface area contributed by atoms with Gasteiger partial charge in [0, 0.05) is 38.6 Å². The topological polar surface area (TPSA) is 32.8 Å². The lowest BCUT2D eigenvalue weighted by Crippen LogP contribution is -2.31. The summed E-state index contributed by atoms with van der Waals surface area (Å²) in [5.74, 6) is 0.